The Morgan fingerprint density at radius 2 is 1.88 bits per heavy atom. The highest BCUT2D eigenvalue weighted by Gasteiger charge is 2.17. The van der Waals surface area contributed by atoms with Crippen molar-refractivity contribution in [2.24, 2.45) is 0 Å². The van der Waals surface area contributed by atoms with Gasteiger partial charge < -0.3 is 4.74 Å². The van der Waals surface area contributed by atoms with Crippen LogP contribution in [-0.4, -0.2) is 21.6 Å². The van der Waals surface area contributed by atoms with Crippen LogP contribution in [-0.2, 0) is 17.0 Å². The smallest absolute Gasteiger partial charge is 0.338 e. The number of ether oxygens (including phenoxy) is 1. The standard InChI is InChI=1S/C27H26N2O3S2/c1-5-14-29-25(30)23-22(20-10-6-18(4)7-11-20)16-33-24(23)28-27(29)34-15-19-8-12-21(13-9-19)26(31)32-17(2)3/h5-13,16-17H,1,14-15H2,2-4H3. The lowest BCUT2D eigenvalue weighted by molar-refractivity contribution is 0.0378. The maximum atomic E-state index is 13.5. The lowest BCUT2D eigenvalue weighted by Crippen LogP contribution is -2.22. The van der Waals surface area contributed by atoms with Crippen LogP contribution in [0.25, 0.3) is 21.3 Å². The summed E-state index contributed by atoms with van der Waals surface area (Å²) in [6.45, 7) is 9.90. The predicted molar refractivity (Wildman–Crippen MR) is 141 cm³/mol. The molecule has 0 spiro atoms. The number of thiophene rings is 1. The maximum Gasteiger partial charge on any atom is 0.338 e. The monoisotopic (exact) mass is 490 g/mol. The molecule has 0 saturated heterocycles. The minimum absolute atomic E-state index is 0.0593. The number of nitrogens with zero attached hydrogens (tertiary/aromatic N) is 2. The first-order valence-corrected chi connectivity index (χ1v) is 12.9. The summed E-state index contributed by atoms with van der Waals surface area (Å²) in [4.78, 5) is 31.1. The number of thioether (sulfide) groups is 1. The molecule has 174 valence electrons. The maximum absolute atomic E-state index is 13.5. The molecule has 0 aliphatic rings. The van der Waals surface area contributed by atoms with E-state index in [1.807, 2.05) is 62.5 Å². The Bertz CT molecular complexity index is 1380. The second kappa shape index (κ2) is 10.4. The molecule has 4 rings (SSSR count). The zero-order chi connectivity index (χ0) is 24.2. The number of benzene rings is 2. The number of allylic oxidation sites excluding steroid dienone is 1. The van der Waals surface area contributed by atoms with Crippen LogP contribution in [0.4, 0.5) is 0 Å². The zero-order valence-corrected chi connectivity index (χ0v) is 21.0. The number of hydrogen-bond donors (Lipinski definition) is 0. The number of carbonyl (C=O) groups is 1. The van der Waals surface area contributed by atoms with E-state index in [4.69, 9.17) is 9.72 Å². The topological polar surface area (TPSA) is 61.2 Å². The molecule has 0 radical (unpaired) electrons. The molecule has 2 aromatic heterocycles. The number of fused-ring (bicyclic) bond motifs is 1. The third-order valence-electron chi connectivity index (χ3n) is 5.23. The van der Waals surface area contributed by atoms with E-state index in [0.29, 0.717) is 28.4 Å². The van der Waals surface area contributed by atoms with Gasteiger partial charge in [-0.2, -0.15) is 0 Å². The molecule has 0 saturated carbocycles. The Labute approximate surface area is 207 Å². The summed E-state index contributed by atoms with van der Waals surface area (Å²) >= 11 is 2.98. The third kappa shape index (κ3) is 5.16. The zero-order valence-electron chi connectivity index (χ0n) is 19.4. The molecule has 0 fully saturated rings. The van der Waals surface area contributed by atoms with Gasteiger partial charge in [-0.3, -0.25) is 9.36 Å². The summed E-state index contributed by atoms with van der Waals surface area (Å²) in [5.41, 5.74) is 4.59. The van der Waals surface area contributed by atoms with Crippen molar-refractivity contribution in [3.63, 3.8) is 0 Å². The number of esters is 1. The Morgan fingerprint density at radius 1 is 1.18 bits per heavy atom. The highest BCUT2D eigenvalue weighted by molar-refractivity contribution is 7.98. The quantitative estimate of drug-likeness (QED) is 0.122. The van der Waals surface area contributed by atoms with Crippen molar-refractivity contribution in [3.05, 3.63) is 93.6 Å². The summed E-state index contributed by atoms with van der Waals surface area (Å²) in [5.74, 6) is 0.286. The first kappa shape index (κ1) is 24.0. The van der Waals surface area contributed by atoms with E-state index < -0.39 is 0 Å². The summed E-state index contributed by atoms with van der Waals surface area (Å²) in [7, 11) is 0. The normalized spacial score (nSPS) is 11.2. The van der Waals surface area contributed by atoms with Gasteiger partial charge in [0.05, 0.1) is 17.1 Å². The first-order chi connectivity index (χ1) is 16.4. The van der Waals surface area contributed by atoms with Gasteiger partial charge in [0, 0.05) is 23.2 Å². The molecular weight excluding hydrogens is 464 g/mol. The van der Waals surface area contributed by atoms with Gasteiger partial charge in [-0.1, -0.05) is 59.8 Å². The van der Waals surface area contributed by atoms with Crippen molar-refractivity contribution in [3.8, 4) is 11.1 Å². The van der Waals surface area contributed by atoms with Crippen LogP contribution in [0, 0.1) is 6.92 Å². The van der Waals surface area contributed by atoms with Gasteiger partial charge in [0.1, 0.15) is 4.83 Å². The van der Waals surface area contributed by atoms with E-state index in [-0.39, 0.29) is 17.6 Å². The van der Waals surface area contributed by atoms with Gasteiger partial charge in [0.15, 0.2) is 5.16 Å². The summed E-state index contributed by atoms with van der Waals surface area (Å²) < 4.78 is 6.92. The molecule has 2 aromatic carbocycles. The molecule has 34 heavy (non-hydrogen) atoms. The largest absolute Gasteiger partial charge is 0.459 e. The molecule has 0 aliphatic carbocycles. The Hall–Kier alpha value is -3.16. The van der Waals surface area contributed by atoms with Crippen LogP contribution < -0.4 is 5.56 Å². The summed E-state index contributed by atoms with van der Waals surface area (Å²) in [5, 5.41) is 3.30. The van der Waals surface area contributed by atoms with E-state index >= 15 is 0 Å². The second-order valence-corrected chi connectivity index (χ2v) is 10.0. The third-order valence-corrected chi connectivity index (χ3v) is 7.15. The van der Waals surface area contributed by atoms with Crippen LogP contribution >= 0.6 is 23.1 Å². The molecule has 4 aromatic rings. The van der Waals surface area contributed by atoms with Gasteiger partial charge in [-0.15, -0.1) is 17.9 Å². The van der Waals surface area contributed by atoms with Crippen molar-refractivity contribution < 1.29 is 9.53 Å². The van der Waals surface area contributed by atoms with Gasteiger partial charge in [0.25, 0.3) is 5.56 Å². The molecule has 0 amide bonds. The van der Waals surface area contributed by atoms with Crippen molar-refractivity contribution >= 4 is 39.3 Å². The minimum Gasteiger partial charge on any atom is -0.459 e. The van der Waals surface area contributed by atoms with Crippen LogP contribution in [0.3, 0.4) is 0 Å². The van der Waals surface area contributed by atoms with E-state index in [1.165, 1.54) is 28.7 Å². The fourth-order valence-electron chi connectivity index (χ4n) is 3.52. The number of hydrogen-bond acceptors (Lipinski definition) is 6. The molecular formula is C27H26N2O3S2. The summed E-state index contributed by atoms with van der Waals surface area (Å²) in [6.07, 6.45) is 1.56. The molecule has 0 N–H and O–H groups in total. The highest BCUT2D eigenvalue weighted by atomic mass is 32.2. The van der Waals surface area contributed by atoms with E-state index in [1.54, 1.807) is 22.8 Å². The lowest BCUT2D eigenvalue weighted by Gasteiger charge is -2.11. The first-order valence-electron chi connectivity index (χ1n) is 11.0. The Morgan fingerprint density at radius 3 is 2.53 bits per heavy atom. The molecule has 0 atom stereocenters. The van der Waals surface area contributed by atoms with Gasteiger partial charge in [0.2, 0.25) is 0 Å². The molecule has 0 unspecified atom stereocenters. The van der Waals surface area contributed by atoms with Crippen molar-refractivity contribution in [2.75, 3.05) is 0 Å². The molecule has 0 bridgehead atoms. The van der Waals surface area contributed by atoms with Crippen LogP contribution in [0.5, 0.6) is 0 Å². The van der Waals surface area contributed by atoms with Gasteiger partial charge >= 0.3 is 5.97 Å². The number of aromatic nitrogens is 2. The van der Waals surface area contributed by atoms with Gasteiger partial charge in [-0.05, 0) is 44.0 Å². The van der Waals surface area contributed by atoms with E-state index in [2.05, 4.69) is 6.58 Å². The number of rotatable bonds is 8. The molecule has 2 heterocycles. The molecule has 0 aliphatic heterocycles. The van der Waals surface area contributed by atoms with Crippen LogP contribution in [0.2, 0.25) is 0 Å². The Kier molecular flexibility index (Phi) is 7.34. The highest BCUT2D eigenvalue weighted by Crippen LogP contribution is 2.33. The lowest BCUT2D eigenvalue weighted by atomic mass is 10.1. The van der Waals surface area contributed by atoms with Gasteiger partial charge in [-0.25, -0.2) is 9.78 Å². The van der Waals surface area contributed by atoms with Crippen LogP contribution in [0.1, 0.15) is 35.3 Å². The van der Waals surface area contributed by atoms with E-state index in [0.717, 1.165) is 21.5 Å². The number of carbonyl (C=O) groups excluding carboxylic acids is 1. The fourth-order valence-corrected chi connectivity index (χ4v) is 5.47. The predicted octanol–water partition coefficient (Wildman–Crippen LogP) is 6.48. The molecule has 7 heteroatoms. The van der Waals surface area contributed by atoms with Crippen molar-refractivity contribution in [1.82, 2.24) is 9.55 Å². The van der Waals surface area contributed by atoms with E-state index in [9.17, 15) is 9.59 Å². The average Bonchev–Trinajstić information content (AvgIpc) is 3.24. The molecule has 5 nitrogen and oxygen atoms in total. The van der Waals surface area contributed by atoms with Crippen molar-refractivity contribution in [1.29, 1.82) is 0 Å². The average molecular weight is 491 g/mol. The summed E-state index contributed by atoms with van der Waals surface area (Å²) in [6, 6.07) is 15.5. The number of aryl methyl sites for hydroxylation is 1. The minimum atomic E-state index is -0.330. The van der Waals surface area contributed by atoms with Crippen molar-refractivity contribution in [2.45, 2.75) is 44.3 Å². The van der Waals surface area contributed by atoms with Crippen LogP contribution in [0.15, 0.2) is 76.5 Å². The second-order valence-electron chi connectivity index (χ2n) is 8.23. The fraction of sp³-hybridized carbons (Fsp3) is 0.222. The SMILES string of the molecule is C=CCn1c(SCc2ccc(C(=O)OC(C)C)cc2)nc2scc(-c3ccc(C)cc3)c2c1=O. The Balaban J connectivity index is 1.62.